The third-order valence-corrected chi connectivity index (χ3v) is 5.70. The third-order valence-electron chi connectivity index (χ3n) is 4.71. The number of anilines is 1. The predicted molar refractivity (Wildman–Crippen MR) is 118 cm³/mol. The topological polar surface area (TPSA) is 113 Å². The lowest BCUT2D eigenvalue weighted by molar-refractivity contribution is -0.141. The van der Waals surface area contributed by atoms with E-state index in [1.807, 2.05) is 0 Å². The lowest BCUT2D eigenvalue weighted by Crippen LogP contribution is -2.45. The summed E-state index contributed by atoms with van der Waals surface area (Å²) < 4.78 is 32.7. The van der Waals surface area contributed by atoms with E-state index in [4.69, 9.17) is 5.73 Å². The fraction of sp³-hybridized carbons (Fsp3) is 0.182. The van der Waals surface area contributed by atoms with Crippen molar-refractivity contribution in [2.75, 3.05) is 18.6 Å². The molecule has 1 heterocycles. The summed E-state index contributed by atoms with van der Waals surface area (Å²) >= 11 is 0.863. The van der Waals surface area contributed by atoms with Crippen LogP contribution in [0.2, 0.25) is 0 Å². The monoisotopic (exact) mass is 475 g/mol. The molecule has 2 aromatic carbocycles. The van der Waals surface area contributed by atoms with E-state index in [0.29, 0.717) is 10.1 Å². The number of aromatic nitrogens is 2. The standard InChI is InChI=1S/C22H19F2N3O5S/c1-32-18(29)11-27-21(30)19(17(28)12-33-14-7-8-15(23)16(24)9-14)20(25)26(22(27)31)10-13-5-3-2-4-6-13/h2-9H,10-12,25H2,1H3. The number of nitrogens with zero attached hydrogens (tertiary/aromatic N) is 2. The average molecular weight is 475 g/mol. The molecule has 0 saturated carbocycles. The zero-order valence-corrected chi connectivity index (χ0v) is 18.2. The number of Topliss-reactive ketones (excluding diaryl/α,β-unsaturated/α-hetero) is 1. The van der Waals surface area contributed by atoms with Gasteiger partial charge in [0.05, 0.1) is 19.4 Å². The predicted octanol–water partition coefficient (Wildman–Crippen LogP) is 2.07. The van der Waals surface area contributed by atoms with Crippen molar-refractivity contribution in [3.05, 3.63) is 92.1 Å². The van der Waals surface area contributed by atoms with Crippen molar-refractivity contribution < 1.29 is 23.1 Å². The Morgan fingerprint density at radius 1 is 1.03 bits per heavy atom. The van der Waals surface area contributed by atoms with E-state index in [2.05, 4.69) is 4.74 Å². The molecule has 0 fully saturated rings. The summed E-state index contributed by atoms with van der Waals surface area (Å²) in [5.41, 5.74) is 4.34. The van der Waals surface area contributed by atoms with Crippen molar-refractivity contribution in [2.45, 2.75) is 18.0 Å². The van der Waals surface area contributed by atoms with E-state index >= 15 is 0 Å². The zero-order valence-electron chi connectivity index (χ0n) is 17.4. The van der Waals surface area contributed by atoms with E-state index in [-0.39, 0.29) is 23.0 Å². The maximum Gasteiger partial charge on any atom is 0.333 e. The van der Waals surface area contributed by atoms with Gasteiger partial charge in [-0.05, 0) is 23.8 Å². The quantitative estimate of drug-likeness (QED) is 0.301. The molecule has 1 aromatic heterocycles. The van der Waals surface area contributed by atoms with Crippen molar-refractivity contribution in [3.63, 3.8) is 0 Å². The van der Waals surface area contributed by atoms with Crippen LogP contribution in [-0.2, 0) is 22.6 Å². The highest BCUT2D eigenvalue weighted by Gasteiger charge is 2.24. The molecule has 8 nitrogen and oxygen atoms in total. The van der Waals surface area contributed by atoms with E-state index in [1.54, 1.807) is 30.3 Å². The smallest absolute Gasteiger partial charge is 0.333 e. The molecule has 0 unspecified atom stereocenters. The van der Waals surface area contributed by atoms with E-state index in [1.165, 1.54) is 6.07 Å². The molecule has 0 saturated heterocycles. The fourth-order valence-electron chi connectivity index (χ4n) is 3.02. The van der Waals surface area contributed by atoms with E-state index < -0.39 is 46.7 Å². The second kappa shape index (κ2) is 10.3. The Morgan fingerprint density at radius 3 is 2.36 bits per heavy atom. The number of carbonyl (C=O) groups excluding carboxylic acids is 2. The van der Waals surface area contributed by atoms with Crippen molar-refractivity contribution in [1.29, 1.82) is 0 Å². The molecular weight excluding hydrogens is 456 g/mol. The van der Waals surface area contributed by atoms with Gasteiger partial charge in [-0.1, -0.05) is 30.3 Å². The van der Waals surface area contributed by atoms with Crippen molar-refractivity contribution >= 4 is 29.3 Å². The summed E-state index contributed by atoms with van der Waals surface area (Å²) in [4.78, 5) is 50.8. The minimum Gasteiger partial charge on any atom is -0.468 e. The number of nitrogens with two attached hydrogens (primary N) is 1. The van der Waals surface area contributed by atoms with Gasteiger partial charge in [-0.3, -0.25) is 19.0 Å². The second-order valence-corrected chi connectivity index (χ2v) is 7.92. The summed E-state index contributed by atoms with van der Waals surface area (Å²) in [7, 11) is 1.09. The molecule has 0 atom stereocenters. The van der Waals surface area contributed by atoms with Crippen LogP contribution in [0.5, 0.6) is 0 Å². The van der Waals surface area contributed by atoms with Gasteiger partial charge in [-0.2, -0.15) is 0 Å². The molecule has 3 rings (SSSR count). The van der Waals surface area contributed by atoms with Crippen LogP contribution in [-0.4, -0.2) is 33.7 Å². The largest absolute Gasteiger partial charge is 0.468 e. The minimum absolute atomic E-state index is 0.0520. The van der Waals surface area contributed by atoms with Gasteiger partial charge in [-0.25, -0.2) is 18.1 Å². The minimum atomic E-state index is -1.08. The number of methoxy groups -OCH3 is 1. The van der Waals surface area contributed by atoms with Crippen LogP contribution in [0.15, 0.2) is 63.0 Å². The summed E-state index contributed by atoms with van der Waals surface area (Å²) in [5.74, 6) is -4.41. The van der Waals surface area contributed by atoms with Crippen molar-refractivity contribution in [3.8, 4) is 0 Å². The van der Waals surface area contributed by atoms with Gasteiger partial charge >= 0.3 is 11.7 Å². The molecule has 2 N–H and O–H groups in total. The highest BCUT2D eigenvalue weighted by molar-refractivity contribution is 8.00. The molecule has 172 valence electrons. The van der Waals surface area contributed by atoms with Gasteiger partial charge in [0.2, 0.25) is 0 Å². The normalized spacial score (nSPS) is 10.8. The lowest BCUT2D eigenvalue weighted by atomic mass is 10.2. The van der Waals surface area contributed by atoms with Crippen molar-refractivity contribution in [2.24, 2.45) is 0 Å². The zero-order chi connectivity index (χ0) is 24.1. The third kappa shape index (κ3) is 5.37. The first-order valence-corrected chi connectivity index (χ1v) is 10.6. The number of hydrogen-bond donors (Lipinski definition) is 1. The highest BCUT2D eigenvalue weighted by atomic mass is 32.2. The molecule has 0 aliphatic rings. The first-order valence-electron chi connectivity index (χ1n) is 9.57. The number of ether oxygens (including phenoxy) is 1. The van der Waals surface area contributed by atoms with Crippen LogP contribution >= 0.6 is 11.8 Å². The van der Waals surface area contributed by atoms with Gasteiger partial charge in [-0.15, -0.1) is 11.8 Å². The summed E-state index contributed by atoms with van der Waals surface area (Å²) in [5, 5.41) is 0. The number of nitrogen functional groups attached to an aromatic ring is 1. The van der Waals surface area contributed by atoms with Crippen molar-refractivity contribution in [1.82, 2.24) is 9.13 Å². The van der Waals surface area contributed by atoms with Gasteiger partial charge in [0.25, 0.3) is 5.56 Å². The Balaban J connectivity index is 2.03. The summed E-state index contributed by atoms with van der Waals surface area (Å²) in [6, 6.07) is 11.8. The highest BCUT2D eigenvalue weighted by Crippen LogP contribution is 2.22. The molecule has 3 aromatic rings. The van der Waals surface area contributed by atoms with Crippen LogP contribution in [0.3, 0.4) is 0 Å². The molecule has 0 radical (unpaired) electrons. The van der Waals surface area contributed by atoms with Gasteiger partial charge in [0.15, 0.2) is 17.4 Å². The maximum atomic E-state index is 13.4. The SMILES string of the molecule is COC(=O)Cn1c(=O)c(C(=O)CSc2ccc(F)c(F)c2)c(N)n(Cc2ccccc2)c1=O. The molecule has 0 amide bonds. The average Bonchev–Trinajstić information content (AvgIpc) is 2.80. The van der Waals surface area contributed by atoms with Crippen LogP contribution < -0.4 is 17.0 Å². The molecule has 0 spiro atoms. The van der Waals surface area contributed by atoms with Crippen LogP contribution in [0.4, 0.5) is 14.6 Å². The molecule has 0 aliphatic carbocycles. The van der Waals surface area contributed by atoms with Crippen LogP contribution in [0, 0.1) is 11.6 Å². The first-order chi connectivity index (χ1) is 15.7. The Hall–Kier alpha value is -3.73. The number of rotatable bonds is 8. The van der Waals surface area contributed by atoms with Crippen LogP contribution in [0.25, 0.3) is 0 Å². The Bertz CT molecular complexity index is 1320. The molecular formula is C22H19F2N3O5S. The molecule has 0 bridgehead atoms. The van der Waals surface area contributed by atoms with E-state index in [9.17, 15) is 28.0 Å². The summed E-state index contributed by atoms with van der Waals surface area (Å²) in [6.07, 6.45) is 0. The lowest BCUT2D eigenvalue weighted by Gasteiger charge is -2.16. The Morgan fingerprint density at radius 2 is 1.73 bits per heavy atom. The Kier molecular flexibility index (Phi) is 7.44. The molecule has 11 heteroatoms. The van der Waals surface area contributed by atoms with Gasteiger partial charge in [0.1, 0.15) is 17.9 Å². The number of hydrogen-bond acceptors (Lipinski definition) is 7. The van der Waals surface area contributed by atoms with Gasteiger partial charge in [0, 0.05) is 4.90 Å². The van der Waals surface area contributed by atoms with E-state index in [0.717, 1.165) is 35.6 Å². The number of halogens is 2. The number of thioether (sulfide) groups is 1. The number of esters is 1. The van der Waals surface area contributed by atoms with Gasteiger partial charge < -0.3 is 10.5 Å². The first kappa shape index (κ1) is 23.9. The molecule has 0 aliphatic heterocycles. The number of benzene rings is 2. The fourth-order valence-corrected chi connectivity index (χ4v) is 3.81. The maximum absolute atomic E-state index is 13.4. The molecule has 33 heavy (non-hydrogen) atoms. The van der Waals surface area contributed by atoms with Crippen LogP contribution in [0.1, 0.15) is 15.9 Å². The number of carbonyl (C=O) groups is 2. The second-order valence-electron chi connectivity index (χ2n) is 6.87. The summed E-state index contributed by atoms with van der Waals surface area (Å²) in [6.45, 7) is -0.761. The Labute approximate surface area is 190 Å². The number of ketones is 1.